The first-order valence-electron chi connectivity index (χ1n) is 9.03. The number of rotatable bonds is 6. The predicted molar refractivity (Wildman–Crippen MR) is 122 cm³/mol. The highest BCUT2D eigenvalue weighted by molar-refractivity contribution is 7.92. The fourth-order valence-electron chi connectivity index (χ4n) is 2.82. The lowest BCUT2D eigenvalue weighted by Gasteiger charge is -2.28. The lowest BCUT2D eigenvalue weighted by Crippen LogP contribution is -2.45. The predicted octanol–water partition coefficient (Wildman–Crippen LogP) is 4.27. The summed E-state index contributed by atoms with van der Waals surface area (Å²) in [5, 5.41) is 12.1. The van der Waals surface area contributed by atoms with Gasteiger partial charge in [0, 0.05) is 10.6 Å². The van der Waals surface area contributed by atoms with Crippen molar-refractivity contribution in [3.63, 3.8) is 0 Å². The number of amides is 1. The summed E-state index contributed by atoms with van der Waals surface area (Å²) in [6, 6.07) is 11.6. The Morgan fingerprint density at radius 3 is 2.40 bits per heavy atom. The van der Waals surface area contributed by atoms with Crippen LogP contribution in [0.2, 0.25) is 5.02 Å². The van der Waals surface area contributed by atoms with Crippen LogP contribution in [0, 0.1) is 13.8 Å². The first kappa shape index (κ1) is 22.2. The monoisotopic (exact) mass is 464 g/mol. The van der Waals surface area contributed by atoms with Crippen molar-refractivity contribution in [2.24, 2.45) is 0 Å². The molecule has 158 valence electrons. The zero-order chi connectivity index (χ0) is 22.1. The van der Waals surface area contributed by atoms with E-state index in [1.807, 2.05) is 38.1 Å². The second-order valence-corrected chi connectivity index (χ2v) is 10.2. The van der Waals surface area contributed by atoms with E-state index < -0.39 is 22.0 Å². The fourth-order valence-corrected chi connectivity index (χ4v) is 4.92. The van der Waals surface area contributed by atoms with Crippen LogP contribution in [-0.2, 0) is 14.8 Å². The van der Waals surface area contributed by atoms with Crippen molar-refractivity contribution >= 4 is 49.7 Å². The molecule has 2 aromatic carbocycles. The largest absolute Gasteiger partial charge is 0.299 e. The molecule has 10 heteroatoms. The van der Waals surface area contributed by atoms with Gasteiger partial charge in [-0.05, 0) is 38.5 Å². The molecular formula is C20H21ClN4O3S2. The van der Waals surface area contributed by atoms with Crippen LogP contribution in [0.15, 0.2) is 42.5 Å². The van der Waals surface area contributed by atoms with Crippen molar-refractivity contribution in [1.29, 1.82) is 0 Å². The van der Waals surface area contributed by atoms with Crippen LogP contribution < -0.4 is 9.62 Å². The summed E-state index contributed by atoms with van der Waals surface area (Å²) in [5.41, 5.74) is 3.14. The maximum Gasteiger partial charge on any atom is 0.249 e. The van der Waals surface area contributed by atoms with E-state index in [2.05, 4.69) is 15.5 Å². The van der Waals surface area contributed by atoms with Crippen molar-refractivity contribution < 1.29 is 13.2 Å². The summed E-state index contributed by atoms with van der Waals surface area (Å²) in [5.74, 6) is -0.524. The molecule has 1 heterocycles. The second kappa shape index (κ2) is 8.71. The molecule has 3 rings (SSSR count). The number of anilines is 2. The molecule has 0 aliphatic rings. The minimum atomic E-state index is -3.74. The smallest absolute Gasteiger partial charge is 0.249 e. The number of halogens is 1. The van der Waals surface area contributed by atoms with E-state index in [1.54, 1.807) is 12.1 Å². The van der Waals surface area contributed by atoms with E-state index >= 15 is 0 Å². The number of aromatic nitrogens is 2. The number of hydrogen-bond acceptors (Lipinski definition) is 6. The van der Waals surface area contributed by atoms with Crippen LogP contribution in [0.25, 0.3) is 10.6 Å². The van der Waals surface area contributed by atoms with Crippen molar-refractivity contribution in [2.45, 2.75) is 26.8 Å². The van der Waals surface area contributed by atoms with Crippen LogP contribution in [0.5, 0.6) is 0 Å². The third kappa shape index (κ3) is 4.97. The first-order valence-corrected chi connectivity index (χ1v) is 12.1. The zero-order valence-electron chi connectivity index (χ0n) is 16.9. The van der Waals surface area contributed by atoms with Crippen molar-refractivity contribution in [2.75, 3.05) is 15.9 Å². The Kier molecular flexibility index (Phi) is 6.44. The van der Waals surface area contributed by atoms with Gasteiger partial charge in [-0.2, -0.15) is 0 Å². The molecule has 7 nitrogen and oxygen atoms in total. The van der Waals surface area contributed by atoms with Gasteiger partial charge in [0.15, 0.2) is 0 Å². The highest BCUT2D eigenvalue weighted by Gasteiger charge is 2.30. The van der Waals surface area contributed by atoms with Gasteiger partial charge in [0.2, 0.25) is 21.1 Å². The van der Waals surface area contributed by atoms with E-state index in [0.29, 0.717) is 15.7 Å². The molecular weight excluding hydrogens is 444 g/mol. The van der Waals surface area contributed by atoms with Crippen molar-refractivity contribution in [3.8, 4) is 10.6 Å². The quantitative estimate of drug-likeness (QED) is 0.588. The van der Waals surface area contributed by atoms with Gasteiger partial charge in [-0.25, -0.2) is 8.42 Å². The Morgan fingerprint density at radius 1 is 1.13 bits per heavy atom. The summed E-state index contributed by atoms with van der Waals surface area (Å²) >= 11 is 7.37. The molecule has 0 saturated carbocycles. The molecule has 0 aliphatic carbocycles. The van der Waals surface area contributed by atoms with E-state index in [-0.39, 0.29) is 5.13 Å². The number of carbonyl (C=O) groups is 1. The number of nitrogens with zero attached hydrogens (tertiary/aromatic N) is 3. The summed E-state index contributed by atoms with van der Waals surface area (Å²) in [7, 11) is -3.74. The zero-order valence-corrected chi connectivity index (χ0v) is 19.3. The number of benzene rings is 2. The van der Waals surface area contributed by atoms with E-state index in [0.717, 1.165) is 27.3 Å². The van der Waals surface area contributed by atoms with Gasteiger partial charge in [-0.3, -0.25) is 14.4 Å². The molecule has 0 aliphatic heterocycles. The minimum Gasteiger partial charge on any atom is -0.299 e. The topological polar surface area (TPSA) is 92.3 Å². The maximum absolute atomic E-state index is 12.8. The molecule has 0 saturated heterocycles. The van der Waals surface area contributed by atoms with Crippen LogP contribution in [0.4, 0.5) is 10.8 Å². The lowest BCUT2D eigenvalue weighted by molar-refractivity contribution is -0.116. The Morgan fingerprint density at radius 2 is 1.80 bits per heavy atom. The summed E-state index contributed by atoms with van der Waals surface area (Å²) in [6.45, 7) is 5.31. The Balaban J connectivity index is 1.82. The lowest BCUT2D eigenvalue weighted by atomic mass is 10.2. The van der Waals surface area contributed by atoms with Gasteiger partial charge >= 0.3 is 0 Å². The average Bonchev–Trinajstić information content (AvgIpc) is 3.12. The summed E-state index contributed by atoms with van der Waals surface area (Å²) in [6.07, 6.45) is 1.05. The second-order valence-electron chi connectivity index (χ2n) is 6.94. The summed E-state index contributed by atoms with van der Waals surface area (Å²) in [4.78, 5) is 12.8. The Hall–Kier alpha value is -2.49. The van der Waals surface area contributed by atoms with Gasteiger partial charge < -0.3 is 0 Å². The molecule has 0 radical (unpaired) electrons. The number of hydrogen-bond donors (Lipinski definition) is 1. The SMILES string of the molecule is Cc1ccc(-c2nnc(NC(=O)C(C)N(c3ccc(C)c(Cl)c3)S(C)(=O)=O)s2)cc1. The highest BCUT2D eigenvalue weighted by Crippen LogP contribution is 2.29. The van der Waals surface area contributed by atoms with Gasteiger partial charge in [-0.1, -0.05) is 58.8 Å². The van der Waals surface area contributed by atoms with Crippen molar-refractivity contribution in [1.82, 2.24) is 10.2 Å². The molecule has 0 bridgehead atoms. The Bertz CT molecular complexity index is 1180. The van der Waals surface area contributed by atoms with E-state index in [4.69, 9.17) is 11.6 Å². The van der Waals surface area contributed by atoms with Gasteiger partial charge in [0.05, 0.1) is 11.9 Å². The number of carbonyl (C=O) groups excluding carboxylic acids is 1. The van der Waals surface area contributed by atoms with Gasteiger partial charge in [0.1, 0.15) is 11.0 Å². The molecule has 3 aromatic rings. The van der Waals surface area contributed by atoms with Gasteiger partial charge in [-0.15, -0.1) is 10.2 Å². The van der Waals surface area contributed by atoms with Gasteiger partial charge in [0.25, 0.3) is 0 Å². The number of aryl methyl sites for hydroxylation is 2. The minimum absolute atomic E-state index is 0.290. The third-order valence-electron chi connectivity index (χ3n) is 4.45. The normalized spacial score (nSPS) is 12.4. The van der Waals surface area contributed by atoms with E-state index in [9.17, 15) is 13.2 Å². The maximum atomic E-state index is 12.8. The van der Waals surface area contributed by atoms with E-state index in [1.165, 1.54) is 24.3 Å². The average molecular weight is 465 g/mol. The molecule has 1 amide bonds. The highest BCUT2D eigenvalue weighted by atomic mass is 35.5. The molecule has 0 fully saturated rings. The van der Waals surface area contributed by atoms with Crippen LogP contribution in [0.3, 0.4) is 0 Å². The van der Waals surface area contributed by atoms with Crippen LogP contribution in [0.1, 0.15) is 18.1 Å². The van der Waals surface area contributed by atoms with Crippen molar-refractivity contribution in [3.05, 3.63) is 58.6 Å². The molecule has 0 spiro atoms. The molecule has 1 N–H and O–H groups in total. The fraction of sp³-hybridized carbons (Fsp3) is 0.250. The first-order chi connectivity index (χ1) is 14.1. The molecule has 1 atom stereocenters. The Labute approximate surface area is 184 Å². The third-order valence-corrected chi connectivity index (χ3v) is 6.99. The molecule has 1 aromatic heterocycles. The number of sulfonamides is 1. The standard InChI is InChI=1S/C20H21ClN4O3S2/c1-12-5-8-15(9-6-12)19-23-24-20(29-19)22-18(26)14(3)25(30(4,27)28)16-10-7-13(2)17(21)11-16/h5-11,14H,1-4H3,(H,22,24,26). The molecule has 1 unspecified atom stereocenters. The summed E-state index contributed by atoms with van der Waals surface area (Å²) < 4.78 is 25.9. The van der Waals surface area contributed by atoms with Crippen LogP contribution in [-0.4, -0.2) is 36.8 Å². The molecule has 30 heavy (non-hydrogen) atoms. The number of nitrogens with one attached hydrogen (secondary N) is 1. The van der Waals surface area contributed by atoms with Crippen LogP contribution >= 0.6 is 22.9 Å².